The molecule has 22 heavy (non-hydrogen) atoms. The van der Waals surface area contributed by atoms with Crippen molar-refractivity contribution in [2.75, 3.05) is 20.8 Å². The number of carbonyl (C=O) groups is 1. The lowest BCUT2D eigenvalue weighted by atomic mass is 10.1. The number of aliphatic hydroxyl groups is 1. The van der Waals surface area contributed by atoms with Gasteiger partial charge in [-0.15, -0.1) is 0 Å². The third kappa shape index (κ3) is 4.09. The third-order valence-electron chi connectivity index (χ3n) is 2.79. The summed E-state index contributed by atoms with van der Waals surface area (Å²) in [5, 5.41) is 18.4. The average molecular weight is 398 g/mol. The number of carboxylic acids is 1. The molecule has 0 saturated heterocycles. The van der Waals surface area contributed by atoms with Crippen molar-refractivity contribution in [2.24, 2.45) is 0 Å². The van der Waals surface area contributed by atoms with Crippen LogP contribution in [0.5, 0.6) is 11.5 Å². The van der Waals surface area contributed by atoms with Crippen LogP contribution in [-0.4, -0.2) is 51.0 Å². The van der Waals surface area contributed by atoms with Crippen molar-refractivity contribution in [2.45, 2.75) is 17.4 Å². The Morgan fingerprint density at radius 1 is 1.32 bits per heavy atom. The van der Waals surface area contributed by atoms with Gasteiger partial charge in [-0.25, -0.2) is 17.9 Å². The number of hydrogen-bond donors (Lipinski definition) is 3. The molecule has 1 aromatic carbocycles. The average Bonchev–Trinajstić information content (AvgIpc) is 2.45. The Hall–Kier alpha value is -1.36. The maximum absolute atomic E-state index is 12.3. The van der Waals surface area contributed by atoms with Crippen molar-refractivity contribution in [3.63, 3.8) is 0 Å². The molecule has 3 N–H and O–H groups in total. The van der Waals surface area contributed by atoms with Gasteiger partial charge in [0, 0.05) is 6.07 Å². The topological polar surface area (TPSA) is 122 Å². The molecule has 0 fully saturated rings. The van der Waals surface area contributed by atoms with Gasteiger partial charge in [-0.05, 0) is 28.9 Å². The highest BCUT2D eigenvalue weighted by Gasteiger charge is 2.32. The van der Waals surface area contributed by atoms with Crippen molar-refractivity contribution in [3.05, 3.63) is 16.6 Å². The van der Waals surface area contributed by atoms with Crippen LogP contribution in [0.1, 0.15) is 6.92 Å². The number of benzene rings is 1. The van der Waals surface area contributed by atoms with Gasteiger partial charge in [-0.2, -0.15) is 0 Å². The molecule has 1 unspecified atom stereocenters. The number of ether oxygens (including phenoxy) is 2. The normalized spacial score (nSPS) is 14.2. The van der Waals surface area contributed by atoms with Crippen molar-refractivity contribution >= 4 is 31.9 Å². The largest absolute Gasteiger partial charge is 0.495 e. The fourth-order valence-electron chi connectivity index (χ4n) is 1.43. The van der Waals surface area contributed by atoms with E-state index in [2.05, 4.69) is 15.9 Å². The first-order chi connectivity index (χ1) is 10.0. The van der Waals surface area contributed by atoms with Gasteiger partial charge >= 0.3 is 5.97 Å². The molecule has 1 rings (SSSR count). The summed E-state index contributed by atoms with van der Waals surface area (Å²) in [6.07, 6.45) is 0. The fourth-order valence-corrected chi connectivity index (χ4v) is 3.39. The monoisotopic (exact) mass is 397 g/mol. The standard InChI is InChI=1S/C12H16BrNO7S/c1-12(17,11(15)16)6-14-22(18,19)10-4-7(13)8(20-2)5-9(10)21-3/h4-5,14,17H,6H2,1-3H3,(H,15,16). The Kier molecular flexibility index (Phi) is 5.79. The quantitative estimate of drug-likeness (QED) is 0.614. The molecule has 124 valence electrons. The van der Waals surface area contributed by atoms with E-state index in [0.717, 1.165) is 6.92 Å². The zero-order chi connectivity index (χ0) is 17.1. The molecule has 0 aliphatic heterocycles. The molecule has 0 aliphatic rings. The van der Waals surface area contributed by atoms with Gasteiger partial charge in [0.05, 0.1) is 25.2 Å². The molecule has 1 atom stereocenters. The molecule has 10 heteroatoms. The number of nitrogens with one attached hydrogen (secondary N) is 1. The Labute approximate surface area is 136 Å². The predicted octanol–water partition coefficient (Wildman–Crippen LogP) is 0.580. The molecule has 0 aliphatic carbocycles. The number of methoxy groups -OCH3 is 2. The lowest BCUT2D eigenvalue weighted by Gasteiger charge is -2.19. The molecule has 0 amide bonds. The van der Waals surface area contributed by atoms with Crippen LogP contribution in [0.15, 0.2) is 21.5 Å². The minimum atomic E-state index is -4.10. The smallest absolute Gasteiger partial charge is 0.336 e. The van der Waals surface area contributed by atoms with Crippen LogP contribution in [0.25, 0.3) is 0 Å². The van der Waals surface area contributed by atoms with E-state index in [1.807, 2.05) is 4.72 Å². The molecule has 0 radical (unpaired) electrons. The van der Waals surface area contributed by atoms with Gasteiger partial charge < -0.3 is 19.7 Å². The van der Waals surface area contributed by atoms with E-state index in [0.29, 0.717) is 10.2 Å². The second-order valence-corrected chi connectivity index (χ2v) is 7.13. The third-order valence-corrected chi connectivity index (χ3v) is 4.84. The first kappa shape index (κ1) is 18.7. The van der Waals surface area contributed by atoms with E-state index in [-0.39, 0.29) is 10.6 Å². The zero-order valence-electron chi connectivity index (χ0n) is 12.1. The lowest BCUT2D eigenvalue weighted by molar-refractivity contribution is -0.155. The summed E-state index contributed by atoms with van der Waals surface area (Å²) >= 11 is 3.16. The van der Waals surface area contributed by atoms with Crippen LogP contribution < -0.4 is 14.2 Å². The van der Waals surface area contributed by atoms with Gasteiger partial charge in [0.15, 0.2) is 5.60 Å². The van der Waals surface area contributed by atoms with Gasteiger partial charge in [0.2, 0.25) is 10.0 Å². The molecule has 0 saturated carbocycles. The highest BCUT2D eigenvalue weighted by atomic mass is 79.9. The van der Waals surface area contributed by atoms with E-state index in [1.54, 1.807) is 0 Å². The van der Waals surface area contributed by atoms with E-state index in [1.165, 1.54) is 26.4 Å². The van der Waals surface area contributed by atoms with Crippen molar-refractivity contribution in [1.82, 2.24) is 4.72 Å². The van der Waals surface area contributed by atoms with Crippen LogP contribution >= 0.6 is 15.9 Å². The molecule has 0 spiro atoms. The first-order valence-corrected chi connectivity index (χ1v) is 8.19. The summed E-state index contributed by atoms with van der Waals surface area (Å²) in [5.41, 5.74) is -2.23. The van der Waals surface area contributed by atoms with Crippen molar-refractivity contribution in [1.29, 1.82) is 0 Å². The summed E-state index contributed by atoms with van der Waals surface area (Å²) in [6.45, 7) is 0.288. The van der Waals surface area contributed by atoms with E-state index in [9.17, 15) is 18.3 Å². The van der Waals surface area contributed by atoms with E-state index >= 15 is 0 Å². The van der Waals surface area contributed by atoms with Crippen LogP contribution in [0.2, 0.25) is 0 Å². The van der Waals surface area contributed by atoms with Gasteiger partial charge in [0.25, 0.3) is 0 Å². The number of hydrogen-bond acceptors (Lipinski definition) is 6. The second-order valence-electron chi connectivity index (χ2n) is 4.54. The van der Waals surface area contributed by atoms with Crippen LogP contribution in [0.4, 0.5) is 0 Å². The minimum absolute atomic E-state index is 0.0162. The summed E-state index contributed by atoms with van der Waals surface area (Å²) in [7, 11) is -1.40. The summed E-state index contributed by atoms with van der Waals surface area (Å²) in [4.78, 5) is 10.6. The molecular formula is C12H16BrNO7S. The van der Waals surface area contributed by atoms with Crippen LogP contribution in [0, 0.1) is 0 Å². The maximum atomic E-state index is 12.3. The second kappa shape index (κ2) is 6.82. The molecule has 0 bridgehead atoms. The molecule has 0 heterocycles. The zero-order valence-corrected chi connectivity index (χ0v) is 14.5. The fraction of sp³-hybridized carbons (Fsp3) is 0.417. The number of halogens is 1. The molecule has 1 aromatic rings. The highest BCUT2D eigenvalue weighted by Crippen LogP contribution is 2.35. The summed E-state index contributed by atoms with van der Waals surface area (Å²) in [6, 6.07) is 2.63. The Balaban J connectivity index is 3.18. The van der Waals surface area contributed by atoms with Gasteiger partial charge in [-0.1, -0.05) is 0 Å². The van der Waals surface area contributed by atoms with E-state index in [4.69, 9.17) is 14.6 Å². The Morgan fingerprint density at radius 3 is 2.32 bits per heavy atom. The number of aliphatic carboxylic acids is 1. The first-order valence-electron chi connectivity index (χ1n) is 5.92. The highest BCUT2D eigenvalue weighted by molar-refractivity contribution is 9.10. The van der Waals surface area contributed by atoms with Crippen LogP contribution in [-0.2, 0) is 14.8 Å². The van der Waals surface area contributed by atoms with E-state index < -0.39 is 28.1 Å². The summed E-state index contributed by atoms with van der Waals surface area (Å²) in [5.74, 6) is -1.16. The summed E-state index contributed by atoms with van der Waals surface area (Å²) < 4.78 is 37.0. The Morgan fingerprint density at radius 2 is 1.86 bits per heavy atom. The predicted molar refractivity (Wildman–Crippen MR) is 80.7 cm³/mol. The lowest BCUT2D eigenvalue weighted by Crippen LogP contribution is -2.46. The van der Waals surface area contributed by atoms with Crippen molar-refractivity contribution in [3.8, 4) is 11.5 Å². The SMILES string of the molecule is COc1cc(OC)c(S(=O)(=O)NCC(C)(O)C(=O)O)cc1Br. The molecular weight excluding hydrogens is 382 g/mol. The minimum Gasteiger partial charge on any atom is -0.495 e. The van der Waals surface area contributed by atoms with Gasteiger partial charge in [0.1, 0.15) is 16.4 Å². The van der Waals surface area contributed by atoms with Crippen LogP contribution in [0.3, 0.4) is 0 Å². The molecule has 8 nitrogen and oxygen atoms in total. The number of rotatable bonds is 7. The van der Waals surface area contributed by atoms with Crippen molar-refractivity contribution < 1.29 is 32.9 Å². The molecule has 0 aromatic heterocycles. The number of carboxylic acid groups (broad SMARTS) is 1. The number of sulfonamides is 1. The van der Waals surface area contributed by atoms with Gasteiger partial charge in [-0.3, -0.25) is 0 Å². The Bertz CT molecular complexity index is 672. The maximum Gasteiger partial charge on any atom is 0.336 e.